The summed E-state index contributed by atoms with van der Waals surface area (Å²) in [6, 6.07) is 10.2. The van der Waals surface area contributed by atoms with Crippen LogP contribution in [-0.4, -0.2) is 24.0 Å². The van der Waals surface area contributed by atoms with Gasteiger partial charge in [-0.25, -0.2) is 4.98 Å². The van der Waals surface area contributed by atoms with Crippen LogP contribution >= 0.6 is 0 Å². The maximum Gasteiger partial charge on any atom is 0.433 e. The Hall–Kier alpha value is -3.49. The summed E-state index contributed by atoms with van der Waals surface area (Å²) >= 11 is 0. The van der Waals surface area contributed by atoms with Crippen LogP contribution in [0.5, 0.6) is 0 Å². The van der Waals surface area contributed by atoms with Crippen molar-refractivity contribution < 1.29 is 18.0 Å². The van der Waals surface area contributed by atoms with Gasteiger partial charge in [-0.15, -0.1) is 0 Å². The fourth-order valence-corrected chi connectivity index (χ4v) is 5.77. The molecule has 6 nitrogen and oxygen atoms in total. The van der Waals surface area contributed by atoms with E-state index in [1.807, 2.05) is 24.3 Å². The predicted molar refractivity (Wildman–Crippen MR) is 131 cm³/mol. The molecule has 1 aromatic carbocycles. The third-order valence-electron chi connectivity index (χ3n) is 7.46. The summed E-state index contributed by atoms with van der Waals surface area (Å²) in [6.07, 6.45) is -0.00400. The zero-order chi connectivity index (χ0) is 25.9. The Morgan fingerprint density at radius 2 is 1.92 bits per heavy atom. The number of nitrogens with one attached hydrogen (secondary N) is 1. The number of alkyl halides is 3. The van der Waals surface area contributed by atoms with Gasteiger partial charge in [-0.3, -0.25) is 4.79 Å². The lowest BCUT2D eigenvalue weighted by molar-refractivity contribution is -0.141. The van der Waals surface area contributed by atoms with E-state index in [9.17, 15) is 18.0 Å². The monoisotopic (exact) mass is 495 g/mol. The van der Waals surface area contributed by atoms with Crippen LogP contribution in [0.1, 0.15) is 51.3 Å². The second-order valence-electron chi connectivity index (χ2n) is 10.4. The van der Waals surface area contributed by atoms with E-state index in [4.69, 9.17) is 0 Å². The second kappa shape index (κ2) is 8.28. The van der Waals surface area contributed by atoms with Crippen molar-refractivity contribution in [2.45, 2.75) is 57.8 Å². The van der Waals surface area contributed by atoms with E-state index in [2.05, 4.69) is 41.3 Å². The normalized spacial score (nSPS) is 24.7. The average molecular weight is 496 g/mol. The number of pyridine rings is 1. The molecule has 1 aliphatic carbocycles. The Kier molecular flexibility index (Phi) is 5.57. The van der Waals surface area contributed by atoms with Gasteiger partial charge in [0.2, 0.25) is 0 Å². The summed E-state index contributed by atoms with van der Waals surface area (Å²) in [5.74, 6) is 0.118. The summed E-state index contributed by atoms with van der Waals surface area (Å²) in [4.78, 5) is 19.0. The number of hydrogen-bond acceptors (Lipinski definition) is 6. The molecule has 0 saturated heterocycles. The summed E-state index contributed by atoms with van der Waals surface area (Å²) in [7, 11) is 1.78. The highest BCUT2D eigenvalue weighted by molar-refractivity contribution is 6.01. The van der Waals surface area contributed by atoms with Gasteiger partial charge in [0.05, 0.1) is 23.5 Å². The minimum absolute atomic E-state index is 0.118. The molecule has 2 atom stereocenters. The highest BCUT2D eigenvalue weighted by Gasteiger charge is 2.53. The van der Waals surface area contributed by atoms with Crippen LogP contribution in [0.15, 0.2) is 75.9 Å². The van der Waals surface area contributed by atoms with E-state index >= 15 is 0 Å². The molecule has 0 radical (unpaired) electrons. The van der Waals surface area contributed by atoms with Crippen molar-refractivity contribution >= 4 is 17.2 Å². The Morgan fingerprint density at radius 3 is 2.58 bits per heavy atom. The number of carbonyl (C=O) groups is 1. The molecule has 0 amide bonds. The first-order valence-electron chi connectivity index (χ1n) is 12.0. The van der Waals surface area contributed by atoms with E-state index in [1.54, 1.807) is 18.1 Å². The zero-order valence-corrected chi connectivity index (χ0v) is 20.6. The Labute approximate surface area is 208 Å². The first-order chi connectivity index (χ1) is 17.0. The molecule has 2 unspecified atom stereocenters. The molecule has 0 bridgehead atoms. The lowest BCUT2D eigenvalue weighted by Gasteiger charge is -2.48. The van der Waals surface area contributed by atoms with Crippen LogP contribution in [0.25, 0.3) is 0 Å². The standard InChI is InChI=1S/C27H28F3N5O/c1-5-26(19-15-32-34-24(19)33-20-12-25(2,3)13-21(36)23(20)26)16-7-6-8-17(11-16)35(4)18-9-10-22(31-14-18)27(28,29)30/h6-11,14-15,24,33H,5,12-13H2,1-4H3. The van der Waals surface area contributed by atoms with Crippen molar-refractivity contribution in [2.75, 3.05) is 11.9 Å². The lowest BCUT2D eigenvalue weighted by Crippen LogP contribution is -2.51. The van der Waals surface area contributed by atoms with Crippen molar-refractivity contribution in [3.05, 3.63) is 76.9 Å². The number of rotatable bonds is 4. The highest BCUT2D eigenvalue weighted by atomic mass is 19.4. The molecule has 2 aliphatic heterocycles. The van der Waals surface area contributed by atoms with E-state index in [-0.39, 0.29) is 17.4 Å². The van der Waals surface area contributed by atoms with Crippen LogP contribution in [-0.2, 0) is 16.4 Å². The predicted octanol–water partition coefficient (Wildman–Crippen LogP) is 6.44. The Balaban J connectivity index is 1.61. The number of aromatic nitrogens is 1. The first-order valence-corrected chi connectivity index (χ1v) is 12.0. The Morgan fingerprint density at radius 1 is 1.14 bits per heavy atom. The van der Waals surface area contributed by atoms with Gasteiger partial charge < -0.3 is 10.2 Å². The molecule has 0 fully saturated rings. The number of hydrogen-bond donors (Lipinski definition) is 1. The molecule has 36 heavy (non-hydrogen) atoms. The van der Waals surface area contributed by atoms with Crippen molar-refractivity contribution in [1.82, 2.24) is 10.3 Å². The number of benzene rings is 1. The molecule has 1 aromatic heterocycles. The van der Waals surface area contributed by atoms with Gasteiger partial charge in [-0.1, -0.05) is 32.9 Å². The Bertz CT molecular complexity index is 1310. The first kappa shape index (κ1) is 24.2. The van der Waals surface area contributed by atoms with Crippen LogP contribution in [0, 0.1) is 5.41 Å². The number of ketones is 1. The van der Waals surface area contributed by atoms with Crippen molar-refractivity contribution in [3.8, 4) is 0 Å². The van der Waals surface area contributed by atoms with Crippen LogP contribution in [0.3, 0.4) is 0 Å². The summed E-state index contributed by atoms with van der Waals surface area (Å²) in [6.45, 7) is 6.26. The molecule has 0 spiro atoms. The van der Waals surface area contributed by atoms with Crippen molar-refractivity contribution in [1.29, 1.82) is 0 Å². The smallest absolute Gasteiger partial charge is 0.362 e. The van der Waals surface area contributed by atoms with Crippen molar-refractivity contribution in [3.63, 3.8) is 0 Å². The van der Waals surface area contributed by atoms with Crippen LogP contribution < -0.4 is 10.2 Å². The summed E-state index contributed by atoms with van der Waals surface area (Å²) < 4.78 is 38.9. The average Bonchev–Trinajstić information content (AvgIpc) is 3.30. The highest BCUT2D eigenvalue weighted by Crippen LogP contribution is 2.54. The largest absolute Gasteiger partial charge is 0.433 e. The number of fused-ring (bicyclic) bond motifs is 1. The number of halogens is 3. The maximum atomic E-state index is 13.6. The van der Waals surface area contributed by atoms with Crippen LogP contribution in [0.4, 0.5) is 24.5 Å². The minimum Gasteiger partial charge on any atom is -0.362 e. The molecule has 3 aliphatic rings. The minimum atomic E-state index is -4.49. The third-order valence-corrected chi connectivity index (χ3v) is 7.46. The van der Waals surface area contributed by atoms with Crippen molar-refractivity contribution in [2.24, 2.45) is 15.6 Å². The number of allylic oxidation sites excluding steroid dienone is 2. The number of nitrogens with zero attached hydrogens (tertiary/aromatic N) is 4. The molecule has 9 heteroatoms. The van der Waals surface area contributed by atoms with E-state index in [0.29, 0.717) is 18.5 Å². The molecule has 0 saturated carbocycles. The summed E-state index contributed by atoms with van der Waals surface area (Å²) in [5.41, 5.74) is 3.08. The van der Waals surface area contributed by atoms with Gasteiger partial charge in [0.15, 0.2) is 11.9 Å². The van der Waals surface area contributed by atoms with Gasteiger partial charge in [-0.05, 0) is 48.1 Å². The molecule has 3 heterocycles. The lowest BCUT2D eigenvalue weighted by atomic mass is 9.59. The summed E-state index contributed by atoms with van der Waals surface area (Å²) in [5, 5.41) is 12.1. The fourth-order valence-electron chi connectivity index (χ4n) is 5.77. The molecular formula is C27H28F3N5O. The molecule has 188 valence electrons. The molecule has 2 aromatic rings. The number of carbonyl (C=O) groups excluding carboxylic acids is 1. The van der Waals surface area contributed by atoms with Gasteiger partial charge in [-0.2, -0.15) is 23.4 Å². The number of azo groups is 1. The van der Waals surface area contributed by atoms with Gasteiger partial charge in [0.25, 0.3) is 0 Å². The SMILES string of the molecule is CCC1(c2cccc(N(C)c3ccc(C(F)(F)F)nc3)c2)C2=CN=NC2NC2=C1C(=O)CC(C)(C)C2. The maximum absolute atomic E-state index is 13.6. The third kappa shape index (κ3) is 3.81. The van der Waals surface area contributed by atoms with Crippen LogP contribution in [0.2, 0.25) is 0 Å². The van der Waals surface area contributed by atoms with Gasteiger partial charge in [0.1, 0.15) is 5.69 Å². The molecule has 5 rings (SSSR count). The van der Waals surface area contributed by atoms with Gasteiger partial charge >= 0.3 is 6.18 Å². The number of anilines is 2. The zero-order valence-electron chi connectivity index (χ0n) is 20.6. The van der Waals surface area contributed by atoms with E-state index in [1.165, 1.54) is 12.3 Å². The van der Waals surface area contributed by atoms with Gasteiger partial charge in [0, 0.05) is 36.0 Å². The topological polar surface area (TPSA) is 70.0 Å². The van der Waals surface area contributed by atoms with E-state index in [0.717, 1.165) is 40.6 Å². The quantitative estimate of drug-likeness (QED) is 0.530. The van der Waals surface area contributed by atoms with E-state index < -0.39 is 17.3 Å². The molecule has 1 N–H and O–H groups in total. The second-order valence-corrected chi connectivity index (χ2v) is 10.4. The number of Topliss-reactive ketones (excluding diaryl/α,β-unsaturated/α-hetero) is 1. The fraction of sp³-hybridized carbons (Fsp3) is 0.407. The molecular weight excluding hydrogens is 467 g/mol.